The number of halogens is 1. The summed E-state index contributed by atoms with van der Waals surface area (Å²) in [6.45, 7) is 3.57. The third kappa shape index (κ3) is 5.20. The van der Waals surface area contributed by atoms with Gasteiger partial charge in [0.25, 0.3) is 5.91 Å². The SMILES string of the molecule is CN=C(NCCc1ccccn1)N1CCN(C(=O)c2ccco2)CC1.I. The summed E-state index contributed by atoms with van der Waals surface area (Å²) in [5.41, 5.74) is 1.05. The van der Waals surface area contributed by atoms with E-state index < -0.39 is 0 Å². The van der Waals surface area contributed by atoms with Gasteiger partial charge in [-0.3, -0.25) is 14.8 Å². The molecule has 0 aliphatic carbocycles. The van der Waals surface area contributed by atoms with Gasteiger partial charge in [-0.05, 0) is 24.3 Å². The Kier molecular flexibility index (Phi) is 7.89. The van der Waals surface area contributed by atoms with E-state index in [0.717, 1.165) is 37.7 Å². The number of hydrogen-bond donors (Lipinski definition) is 1. The van der Waals surface area contributed by atoms with E-state index in [1.54, 1.807) is 25.4 Å². The van der Waals surface area contributed by atoms with E-state index in [1.165, 1.54) is 6.26 Å². The first-order chi connectivity index (χ1) is 12.3. The lowest BCUT2D eigenvalue weighted by Gasteiger charge is -2.36. The molecular weight excluding hydrogens is 445 g/mol. The number of rotatable bonds is 4. The van der Waals surface area contributed by atoms with Gasteiger partial charge in [-0.15, -0.1) is 24.0 Å². The zero-order chi connectivity index (χ0) is 17.5. The Balaban J connectivity index is 0.00000243. The molecule has 0 aromatic carbocycles. The first-order valence-corrected chi connectivity index (χ1v) is 8.46. The summed E-state index contributed by atoms with van der Waals surface area (Å²) in [5, 5.41) is 3.37. The molecule has 0 bridgehead atoms. The van der Waals surface area contributed by atoms with Crippen LogP contribution < -0.4 is 5.32 Å². The number of carbonyl (C=O) groups excluding carboxylic acids is 1. The van der Waals surface area contributed by atoms with E-state index in [0.29, 0.717) is 18.8 Å². The highest BCUT2D eigenvalue weighted by Crippen LogP contribution is 2.09. The molecule has 0 spiro atoms. The van der Waals surface area contributed by atoms with Crippen LogP contribution in [0.4, 0.5) is 0 Å². The summed E-state index contributed by atoms with van der Waals surface area (Å²) < 4.78 is 5.19. The lowest BCUT2D eigenvalue weighted by molar-refractivity contribution is 0.0658. The second-order valence-corrected chi connectivity index (χ2v) is 5.80. The Morgan fingerprint density at radius 3 is 2.58 bits per heavy atom. The van der Waals surface area contributed by atoms with Crippen LogP contribution in [0.2, 0.25) is 0 Å². The second-order valence-electron chi connectivity index (χ2n) is 5.80. The summed E-state index contributed by atoms with van der Waals surface area (Å²) in [6, 6.07) is 9.36. The predicted octanol–water partition coefficient (Wildman–Crippen LogP) is 1.87. The van der Waals surface area contributed by atoms with Crippen LogP contribution in [-0.4, -0.2) is 66.4 Å². The number of carbonyl (C=O) groups is 1. The smallest absolute Gasteiger partial charge is 0.289 e. The normalized spacial score (nSPS) is 14.7. The highest BCUT2D eigenvalue weighted by atomic mass is 127. The van der Waals surface area contributed by atoms with Crippen LogP contribution in [0.5, 0.6) is 0 Å². The third-order valence-corrected chi connectivity index (χ3v) is 4.20. The maximum atomic E-state index is 12.3. The first-order valence-electron chi connectivity index (χ1n) is 8.46. The zero-order valence-corrected chi connectivity index (χ0v) is 17.1. The second kappa shape index (κ2) is 10.1. The average Bonchev–Trinajstić information content (AvgIpc) is 3.20. The molecule has 3 rings (SSSR count). The molecule has 3 heterocycles. The largest absolute Gasteiger partial charge is 0.459 e. The van der Waals surface area contributed by atoms with Gasteiger partial charge in [0.05, 0.1) is 6.26 Å². The Hall–Kier alpha value is -2.10. The summed E-state index contributed by atoms with van der Waals surface area (Å²) in [6.07, 6.45) is 4.17. The molecule has 2 aromatic rings. The topological polar surface area (TPSA) is 74.0 Å². The number of piperazine rings is 1. The van der Waals surface area contributed by atoms with Crippen LogP contribution in [0.1, 0.15) is 16.2 Å². The number of amides is 1. The van der Waals surface area contributed by atoms with Gasteiger partial charge in [-0.2, -0.15) is 0 Å². The summed E-state index contributed by atoms with van der Waals surface area (Å²) >= 11 is 0. The molecule has 1 amide bonds. The van der Waals surface area contributed by atoms with Gasteiger partial charge >= 0.3 is 0 Å². The molecule has 1 fully saturated rings. The summed E-state index contributed by atoms with van der Waals surface area (Å²) in [5.74, 6) is 1.20. The van der Waals surface area contributed by atoms with Crippen molar-refractivity contribution in [2.75, 3.05) is 39.8 Å². The third-order valence-electron chi connectivity index (χ3n) is 4.20. The van der Waals surface area contributed by atoms with E-state index in [9.17, 15) is 4.79 Å². The van der Waals surface area contributed by atoms with Crippen molar-refractivity contribution in [3.8, 4) is 0 Å². The van der Waals surface area contributed by atoms with E-state index >= 15 is 0 Å². The lowest BCUT2D eigenvalue weighted by Crippen LogP contribution is -2.54. The lowest BCUT2D eigenvalue weighted by atomic mass is 10.2. The van der Waals surface area contributed by atoms with Gasteiger partial charge in [0.1, 0.15) is 0 Å². The molecule has 0 saturated carbocycles. The fourth-order valence-corrected chi connectivity index (χ4v) is 2.86. The summed E-state index contributed by atoms with van der Waals surface area (Å²) in [7, 11) is 1.78. The van der Waals surface area contributed by atoms with Gasteiger partial charge in [-0.1, -0.05) is 6.07 Å². The number of hydrogen-bond acceptors (Lipinski definition) is 4. The van der Waals surface area contributed by atoms with E-state index in [2.05, 4.69) is 20.2 Å². The van der Waals surface area contributed by atoms with Crippen molar-refractivity contribution in [3.63, 3.8) is 0 Å². The van der Waals surface area contributed by atoms with Crippen LogP contribution in [0, 0.1) is 0 Å². The Labute approximate surface area is 170 Å². The standard InChI is InChI=1S/C18H23N5O2.HI/c1-19-18(21-9-7-15-5-2-3-8-20-15)23-12-10-22(11-13-23)17(24)16-6-4-14-25-16;/h2-6,8,14H,7,9-13H2,1H3,(H,19,21);1H. The Bertz CT molecular complexity index is 698. The fourth-order valence-electron chi connectivity index (χ4n) is 2.86. The van der Waals surface area contributed by atoms with Crippen LogP contribution in [0.3, 0.4) is 0 Å². The molecule has 1 aliphatic rings. The number of nitrogens with zero attached hydrogens (tertiary/aromatic N) is 4. The van der Waals surface area contributed by atoms with E-state index in [-0.39, 0.29) is 29.9 Å². The van der Waals surface area contributed by atoms with Gasteiger partial charge < -0.3 is 19.5 Å². The van der Waals surface area contributed by atoms with E-state index in [1.807, 2.05) is 23.1 Å². The molecule has 2 aromatic heterocycles. The van der Waals surface area contributed by atoms with Crippen molar-refractivity contribution in [2.24, 2.45) is 4.99 Å². The summed E-state index contributed by atoms with van der Waals surface area (Å²) in [4.78, 5) is 25.0. The minimum atomic E-state index is -0.0530. The Morgan fingerprint density at radius 1 is 1.19 bits per heavy atom. The molecule has 7 nitrogen and oxygen atoms in total. The molecule has 0 atom stereocenters. The number of guanidine groups is 1. The molecule has 1 aliphatic heterocycles. The van der Waals surface area contributed by atoms with Gasteiger partial charge in [-0.25, -0.2) is 0 Å². The Morgan fingerprint density at radius 2 is 1.96 bits per heavy atom. The number of aromatic nitrogens is 1. The van der Waals surface area contributed by atoms with Crippen LogP contribution in [0.25, 0.3) is 0 Å². The molecule has 1 N–H and O–H groups in total. The van der Waals surface area contributed by atoms with E-state index in [4.69, 9.17) is 4.42 Å². The van der Waals surface area contributed by atoms with Crippen molar-refractivity contribution in [1.82, 2.24) is 20.1 Å². The first kappa shape index (κ1) is 20.2. The number of pyridine rings is 1. The predicted molar refractivity (Wildman–Crippen MR) is 111 cm³/mol. The number of furan rings is 1. The molecular formula is C18H24IN5O2. The molecule has 26 heavy (non-hydrogen) atoms. The van der Waals surface area contributed by atoms with Crippen molar-refractivity contribution < 1.29 is 9.21 Å². The zero-order valence-electron chi connectivity index (χ0n) is 14.8. The van der Waals surface area contributed by atoms with Crippen molar-refractivity contribution >= 4 is 35.8 Å². The highest BCUT2D eigenvalue weighted by Gasteiger charge is 2.24. The molecule has 8 heteroatoms. The maximum absolute atomic E-state index is 12.3. The molecule has 140 valence electrons. The minimum absolute atomic E-state index is 0. The monoisotopic (exact) mass is 469 g/mol. The van der Waals surface area contributed by atoms with Crippen LogP contribution in [0.15, 0.2) is 52.2 Å². The fraction of sp³-hybridized carbons (Fsp3) is 0.389. The quantitative estimate of drug-likeness (QED) is 0.421. The number of nitrogens with one attached hydrogen (secondary N) is 1. The van der Waals surface area contributed by atoms with Crippen LogP contribution >= 0.6 is 24.0 Å². The average molecular weight is 469 g/mol. The molecule has 0 radical (unpaired) electrons. The highest BCUT2D eigenvalue weighted by molar-refractivity contribution is 14.0. The van der Waals surface area contributed by atoms with Gasteiger partial charge in [0, 0.05) is 58.1 Å². The van der Waals surface area contributed by atoms with Crippen LogP contribution in [-0.2, 0) is 6.42 Å². The molecule has 1 saturated heterocycles. The van der Waals surface area contributed by atoms with Gasteiger partial charge in [0.15, 0.2) is 11.7 Å². The number of aliphatic imine (C=N–C) groups is 1. The van der Waals surface area contributed by atoms with Crippen molar-refractivity contribution in [1.29, 1.82) is 0 Å². The van der Waals surface area contributed by atoms with Crippen molar-refractivity contribution in [2.45, 2.75) is 6.42 Å². The van der Waals surface area contributed by atoms with Gasteiger partial charge in [0.2, 0.25) is 0 Å². The van der Waals surface area contributed by atoms with Crippen molar-refractivity contribution in [3.05, 3.63) is 54.2 Å². The maximum Gasteiger partial charge on any atom is 0.289 e. The minimum Gasteiger partial charge on any atom is -0.459 e. The molecule has 0 unspecified atom stereocenters.